The summed E-state index contributed by atoms with van der Waals surface area (Å²) in [6, 6.07) is 7.49. The number of benzene rings is 1. The molecule has 0 amide bonds. The standard InChI is InChI=1S/C13H12ClN5/c1-19-11(8-17-13-15-6-3-7-16-13)18-10-5-2-4-9(14)12(10)19/h2-7H,8H2,1H3,(H,15,16,17). The molecule has 0 saturated carbocycles. The summed E-state index contributed by atoms with van der Waals surface area (Å²) < 4.78 is 1.98. The lowest BCUT2D eigenvalue weighted by Crippen LogP contribution is -2.07. The first kappa shape index (κ1) is 11.9. The second kappa shape index (κ2) is 4.85. The normalized spacial score (nSPS) is 10.8. The summed E-state index contributed by atoms with van der Waals surface area (Å²) in [5, 5.41) is 3.84. The van der Waals surface area contributed by atoms with Crippen molar-refractivity contribution >= 4 is 28.6 Å². The molecule has 0 aliphatic rings. The van der Waals surface area contributed by atoms with Gasteiger partial charge in [0.25, 0.3) is 0 Å². The Morgan fingerprint density at radius 2 is 2.00 bits per heavy atom. The highest BCUT2D eigenvalue weighted by molar-refractivity contribution is 6.35. The second-order valence-electron chi connectivity index (χ2n) is 4.12. The van der Waals surface area contributed by atoms with Gasteiger partial charge in [0, 0.05) is 19.4 Å². The van der Waals surface area contributed by atoms with Crippen molar-refractivity contribution < 1.29 is 0 Å². The van der Waals surface area contributed by atoms with E-state index in [4.69, 9.17) is 11.6 Å². The minimum atomic E-state index is 0.547. The van der Waals surface area contributed by atoms with Gasteiger partial charge in [-0.2, -0.15) is 0 Å². The lowest BCUT2D eigenvalue weighted by atomic mass is 10.3. The van der Waals surface area contributed by atoms with E-state index in [-0.39, 0.29) is 0 Å². The topological polar surface area (TPSA) is 55.6 Å². The van der Waals surface area contributed by atoms with E-state index in [2.05, 4.69) is 20.3 Å². The summed E-state index contributed by atoms with van der Waals surface area (Å²) in [4.78, 5) is 12.8. The molecule has 2 heterocycles. The molecule has 3 aromatic rings. The van der Waals surface area contributed by atoms with E-state index in [1.165, 1.54) is 0 Å². The average molecular weight is 274 g/mol. The van der Waals surface area contributed by atoms with Crippen molar-refractivity contribution in [3.05, 3.63) is 47.5 Å². The molecule has 0 saturated heterocycles. The third-order valence-corrected chi connectivity index (χ3v) is 3.21. The van der Waals surface area contributed by atoms with E-state index in [1.807, 2.05) is 29.8 Å². The minimum Gasteiger partial charge on any atom is -0.347 e. The van der Waals surface area contributed by atoms with Gasteiger partial charge in [-0.1, -0.05) is 17.7 Å². The minimum absolute atomic E-state index is 0.547. The maximum Gasteiger partial charge on any atom is 0.222 e. The van der Waals surface area contributed by atoms with Crippen molar-refractivity contribution in [3.8, 4) is 0 Å². The number of aryl methyl sites for hydroxylation is 1. The summed E-state index contributed by atoms with van der Waals surface area (Å²) >= 11 is 6.19. The van der Waals surface area contributed by atoms with Gasteiger partial charge in [-0.05, 0) is 18.2 Å². The quantitative estimate of drug-likeness (QED) is 0.797. The van der Waals surface area contributed by atoms with Gasteiger partial charge in [0.15, 0.2) is 0 Å². The summed E-state index contributed by atoms with van der Waals surface area (Å²) in [5.41, 5.74) is 1.83. The highest BCUT2D eigenvalue weighted by Gasteiger charge is 2.10. The lowest BCUT2D eigenvalue weighted by Gasteiger charge is -2.04. The number of para-hydroxylation sites is 1. The molecule has 1 aromatic carbocycles. The van der Waals surface area contributed by atoms with Crippen LogP contribution in [0.2, 0.25) is 5.02 Å². The molecular weight excluding hydrogens is 262 g/mol. The Bertz CT molecular complexity index is 708. The van der Waals surface area contributed by atoms with Gasteiger partial charge in [0.2, 0.25) is 5.95 Å². The number of anilines is 1. The molecule has 3 rings (SSSR count). The fourth-order valence-corrected chi connectivity index (χ4v) is 2.27. The fraction of sp³-hybridized carbons (Fsp3) is 0.154. The van der Waals surface area contributed by atoms with Crippen LogP contribution in [0.15, 0.2) is 36.7 Å². The lowest BCUT2D eigenvalue weighted by molar-refractivity contribution is 0.828. The summed E-state index contributed by atoms with van der Waals surface area (Å²) in [6.07, 6.45) is 3.39. The van der Waals surface area contributed by atoms with Gasteiger partial charge in [-0.3, -0.25) is 0 Å². The molecule has 0 aliphatic heterocycles. The number of hydrogen-bond donors (Lipinski definition) is 1. The average Bonchev–Trinajstić information content (AvgIpc) is 2.76. The van der Waals surface area contributed by atoms with E-state index in [0.29, 0.717) is 17.5 Å². The van der Waals surface area contributed by atoms with Gasteiger partial charge < -0.3 is 9.88 Å². The number of halogens is 1. The maximum atomic E-state index is 6.19. The number of imidazole rings is 1. The Morgan fingerprint density at radius 3 is 2.74 bits per heavy atom. The Morgan fingerprint density at radius 1 is 1.21 bits per heavy atom. The number of fused-ring (bicyclic) bond motifs is 1. The van der Waals surface area contributed by atoms with Gasteiger partial charge >= 0.3 is 0 Å². The molecule has 0 spiro atoms. The van der Waals surface area contributed by atoms with Crippen LogP contribution in [0.4, 0.5) is 5.95 Å². The zero-order valence-corrected chi connectivity index (χ0v) is 11.1. The molecule has 0 aliphatic carbocycles. The smallest absolute Gasteiger partial charge is 0.222 e. The van der Waals surface area contributed by atoms with E-state index in [1.54, 1.807) is 18.5 Å². The molecule has 0 bridgehead atoms. The summed E-state index contributed by atoms with van der Waals surface area (Å²) in [5.74, 6) is 1.47. The number of aromatic nitrogens is 4. The first-order valence-electron chi connectivity index (χ1n) is 5.86. The fourth-order valence-electron chi connectivity index (χ4n) is 1.98. The van der Waals surface area contributed by atoms with Crippen LogP contribution in [0, 0.1) is 0 Å². The van der Waals surface area contributed by atoms with E-state index < -0.39 is 0 Å². The molecule has 0 unspecified atom stereocenters. The predicted molar refractivity (Wildman–Crippen MR) is 75.1 cm³/mol. The third-order valence-electron chi connectivity index (χ3n) is 2.91. The van der Waals surface area contributed by atoms with Crippen LogP contribution in [-0.4, -0.2) is 19.5 Å². The van der Waals surface area contributed by atoms with Crippen molar-refractivity contribution in [1.29, 1.82) is 0 Å². The number of nitrogens with zero attached hydrogens (tertiary/aromatic N) is 4. The molecule has 19 heavy (non-hydrogen) atoms. The number of nitrogens with one attached hydrogen (secondary N) is 1. The highest BCUT2D eigenvalue weighted by atomic mass is 35.5. The van der Waals surface area contributed by atoms with Gasteiger partial charge in [0.05, 0.1) is 22.6 Å². The molecule has 96 valence electrons. The van der Waals surface area contributed by atoms with Crippen LogP contribution in [-0.2, 0) is 13.6 Å². The van der Waals surface area contributed by atoms with Crippen molar-refractivity contribution in [2.75, 3.05) is 5.32 Å². The van der Waals surface area contributed by atoms with Crippen LogP contribution in [0.5, 0.6) is 0 Å². The van der Waals surface area contributed by atoms with Crippen LogP contribution in [0.1, 0.15) is 5.82 Å². The Labute approximate surface area is 115 Å². The van der Waals surface area contributed by atoms with Crippen molar-refractivity contribution in [2.24, 2.45) is 7.05 Å². The SMILES string of the molecule is Cn1c(CNc2ncccn2)nc2cccc(Cl)c21. The van der Waals surface area contributed by atoms with Gasteiger partial charge in [0.1, 0.15) is 5.82 Å². The van der Waals surface area contributed by atoms with Crippen LogP contribution in [0.25, 0.3) is 11.0 Å². The highest BCUT2D eigenvalue weighted by Crippen LogP contribution is 2.23. The van der Waals surface area contributed by atoms with Crippen LogP contribution >= 0.6 is 11.6 Å². The van der Waals surface area contributed by atoms with Crippen LogP contribution < -0.4 is 5.32 Å². The predicted octanol–water partition coefficient (Wildman–Crippen LogP) is 2.63. The summed E-state index contributed by atoms with van der Waals surface area (Å²) in [6.45, 7) is 0.547. The first-order valence-corrected chi connectivity index (χ1v) is 6.24. The Kier molecular flexibility index (Phi) is 3.05. The van der Waals surface area contributed by atoms with Crippen molar-refractivity contribution in [2.45, 2.75) is 6.54 Å². The molecule has 0 atom stereocenters. The number of hydrogen-bond acceptors (Lipinski definition) is 4. The molecular formula is C13H12ClN5. The molecule has 0 radical (unpaired) electrons. The van der Waals surface area contributed by atoms with Gasteiger partial charge in [-0.15, -0.1) is 0 Å². The Hall–Kier alpha value is -2.14. The first-order chi connectivity index (χ1) is 9.25. The van der Waals surface area contributed by atoms with Gasteiger partial charge in [-0.25, -0.2) is 15.0 Å². The molecule has 5 nitrogen and oxygen atoms in total. The monoisotopic (exact) mass is 273 g/mol. The van der Waals surface area contributed by atoms with Crippen molar-refractivity contribution in [3.63, 3.8) is 0 Å². The maximum absolute atomic E-state index is 6.19. The van der Waals surface area contributed by atoms with E-state index >= 15 is 0 Å². The van der Waals surface area contributed by atoms with Crippen LogP contribution in [0.3, 0.4) is 0 Å². The summed E-state index contributed by atoms with van der Waals surface area (Å²) in [7, 11) is 1.95. The van der Waals surface area contributed by atoms with Crippen molar-refractivity contribution in [1.82, 2.24) is 19.5 Å². The molecule has 1 N–H and O–H groups in total. The third kappa shape index (κ3) is 2.24. The number of rotatable bonds is 3. The van der Waals surface area contributed by atoms with E-state index in [9.17, 15) is 0 Å². The zero-order chi connectivity index (χ0) is 13.2. The van der Waals surface area contributed by atoms with E-state index in [0.717, 1.165) is 16.9 Å². The second-order valence-corrected chi connectivity index (χ2v) is 4.53. The molecule has 2 aromatic heterocycles. The molecule has 0 fully saturated rings. The largest absolute Gasteiger partial charge is 0.347 e. The Balaban J connectivity index is 1.90. The molecule has 6 heteroatoms. The zero-order valence-electron chi connectivity index (χ0n) is 10.3.